The second-order valence-corrected chi connectivity index (χ2v) is 7.78. The summed E-state index contributed by atoms with van der Waals surface area (Å²) in [6.07, 6.45) is 2.33. The highest BCUT2D eigenvalue weighted by molar-refractivity contribution is 6.46. The number of aromatic nitrogens is 1. The molecule has 0 radical (unpaired) electrons. The fourth-order valence-corrected chi connectivity index (χ4v) is 4.15. The molecular weight excluding hydrogens is 410 g/mol. The molecule has 3 heterocycles. The number of amides is 1. The van der Waals surface area contributed by atoms with Crippen molar-refractivity contribution in [3.63, 3.8) is 0 Å². The monoisotopic (exact) mass is 437 g/mol. The van der Waals surface area contributed by atoms with Gasteiger partial charge in [-0.1, -0.05) is 6.07 Å². The molecule has 32 heavy (non-hydrogen) atoms. The van der Waals surface area contributed by atoms with Crippen molar-refractivity contribution in [2.75, 3.05) is 46.5 Å². The molecular formula is C24H27N3O5. The van der Waals surface area contributed by atoms with Crippen LogP contribution in [0.5, 0.6) is 5.75 Å². The third kappa shape index (κ3) is 4.51. The molecule has 1 atom stereocenters. The molecule has 0 bridgehead atoms. The second kappa shape index (κ2) is 9.93. The Balaban J connectivity index is 1.64. The molecule has 1 aromatic heterocycles. The number of carbonyl (C=O) groups is 2. The van der Waals surface area contributed by atoms with Gasteiger partial charge in [0, 0.05) is 37.9 Å². The van der Waals surface area contributed by atoms with E-state index in [-0.39, 0.29) is 11.3 Å². The fourth-order valence-electron chi connectivity index (χ4n) is 4.15. The zero-order valence-electron chi connectivity index (χ0n) is 18.1. The lowest BCUT2D eigenvalue weighted by Crippen LogP contribution is -2.39. The van der Waals surface area contributed by atoms with E-state index in [1.807, 2.05) is 6.07 Å². The standard InChI is InChI=1S/C24H27N3O5/c1-31-18-8-6-17(7-9-18)22(28)20-21(19-5-2-3-10-25-19)27(24(30)23(20)29)12-4-11-26-13-15-32-16-14-26/h2-3,5-10,21,28H,4,11-16H2,1H3. The summed E-state index contributed by atoms with van der Waals surface area (Å²) in [6.45, 7) is 4.34. The Kier molecular flexibility index (Phi) is 6.82. The van der Waals surface area contributed by atoms with Gasteiger partial charge in [-0.05, 0) is 42.8 Å². The van der Waals surface area contributed by atoms with Crippen molar-refractivity contribution in [1.29, 1.82) is 0 Å². The van der Waals surface area contributed by atoms with Gasteiger partial charge < -0.3 is 19.5 Å². The van der Waals surface area contributed by atoms with Gasteiger partial charge in [-0.25, -0.2) is 0 Å². The number of rotatable bonds is 7. The molecule has 8 nitrogen and oxygen atoms in total. The first-order chi connectivity index (χ1) is 15.6. The molecule has 1 amide bonds. The van der Waals surface area contributed by atoms with Crippen molar-refractivity contribution in [3.8, 4) is 5.75 Å². The number of morpholine rings is 1. The van der Waals surface area contributed by atoms with Crippen molar-refractivity contribution < 1.29 is 24.2 Å². The van der Waals surface area contributed by atoms with Crippen LogP contribution in [0.15, 0.2) is 54.2 Å². The van der Waals surface area contributed by atoms with E-state index < -0.39 is 17.7 Å². The minimum absolute atomic E-state index is 0.0604. The highest BCUT2D eigenvalue weighted by Gasteiger charge is 2.46. The molecule has 0 saturated carbocycles. The largest absolute Gasteiger partial charge is 0.507 e. The number of methoxy groups -OCH3 is 1. The first kappa shape index (κ1) is 22.0. The average Bonchev–Trinajstić information content (AvgIpc) is 3.10. The highest BCUT2D eigenvalue weighted by Crippen LogP contribution is 2.38. The number of aliphatic hydroxyl groups excluding tert-OH is 1. The molecule has 1 N–H and O–H groups in total. The number of carbonyl (C=O) groups excluding carboxylic acids is 2. The first-order valence-electron chi connectivity index (χ1n) is 10.7. The molecule has 2 aliphatic heterocycles. The highest BCUT2D eigenvalue weighted by atomic mass is 16.5. The molecule has 168 valence electrons. The predicted molar refractivity (Wildman–Crippen MR) is 118 cm³/mol. The minimum atomic E-state index is -0.733. The van der Waals surface area contributed by atoms with E-state index in [0.717, 1.165) is 19.6 Å². The summed E-state index contributed by atoms with van der Waals surface area (Å²) in [5.74, 6) is -0.887. The Morgan fingerprint density at radius 2 is 1.88 bits per heavy atom. The number of nitrogens with zero attached hydrogens (tertiary/aromatic N) is 3. The van der Waals surface area contributed by atoms with Crippen LogP contribution in [0.25, 0.3) is 5.76 Å². The van der Waals surface area contributed by atoms with Crippen LogP contribution < -0.4 is 4.74 Å². The van der Waals surface area contributed by atoms with Crippen molar-refractivity contribution in [2.45, 2.75) is 12.5 Å². The van der Waals surface area contributed by atoms with Gasteiger partial charge >= 0.3 is 0 Å². The molecule has 0 aliphatic carbocycles. The Morgan fingerprint density at radius 3 is 2.53 bits per heavy atom. The maximum absolute atomic E-state index is 13.0. The molecule has 2 aromatic rings. The zero-order valence-corrected chi connectivity index (χ0v) is 18.1. The van der Waals surface area contributed by atoms with Gasteiger partial charge in [-0.2, -0.15) is 0 Å². The van der Waals surface area contributed by atoms with E-state index in [1.54, 1.807) is 49.7 Å². The van der Waals surface area contributed by atoms with E-state index in [0.29, 0.717) is 43.2 Å². The smallest absolute Gasteiger partial charge is 0.295 e. The van der Waals surface area contributed by atoms with Crippen molar-refractivity contribution in [3.05, 3.63) is 65.5 Å². The molecule has 0 spiro atoms. The lowest BCUT2D eigenvalue weighted by molar-refractivity contribution is -0.140. The van der Waals surface area contributed by atoms with Gasteiger partial charge in [-0.15, -0.1) is 0 Å². The van der Waals surface area contributed by atoms with Crippen LogP contribution >= 0.6 is 0 Å². The number of hydrogen-bond acceptors (Lipinski definition) is 7. The second-order valence-electron chi connectivity index (χ2n) is 7.78. The summed E-state index contributed by atoms with van der Waals surface area (Å²) in [5, 5.41) is 11.0. The summed E-state index contributed by atoms with van der Waals surface area (Å²) in [4.78, 5) is 34.2. The third-order valence-electron chi connectivity index (χ3n) is 5.85. The van der Waals surface area contributed by atoms with E-state index in [4.69, 9.17) is 9.47 Å². The van der Waals surface area contributed by atoms with Gasteiger partial charge in [0.2, 0.25) is 0 Å². The van der Waals surface area contributed by atoms with Crippen LogP contribution in [0.1, 0.15) is 23.7 Å². The number of Topliss-reactive ketones (excluding diaryl/α,β-unsaturated/α-hetero) is 1. The number of ketones is 1. The van der Waals surface area contributed by atoms with Crippen LogP contribution in [0.4, 0.5) is 0 Å². The summed E-state index contributed by atoms with van der Waals surface area (Å²) in [5.41, 5.74) is 1.05. The molecule has 1 aromatic carbocycles. The lowest BCUT2D eigenvalue weighted by atomic mass is 9.98. The van der Waals surface area contributed by atoms with Gasteiger partial charge in [0.1, 0.15) is 17.6 Å². The lowest BCUT2D eigenvalue weighted by Gasteiger charge is -2.28. The van der Waals surface area contributed by atoms with Crippen LogP contribution in [0.3, 0.4) is 0 Å². The van der Waals surface area contributed by atoms with E-state index in [1.165, 1.54) is 4.90 Å². The molecule has 2 fully saturated rings. The number of benzene rings is 1. The number of hydrogen-bond donors (Lipinski definition) is 1. The number of aliphatic hydroxyl groups is 1. The van der Waals surface area contributed by atoms with Crippen LogP contribution in [0.2, 0.25) is 0 Å². The van der Waals surface area contributed by atoms with Gasteiger partial charge in [0.15, 0.2) is 0 Å². The predicted octanol–water partition coefficient (Wildman–Crippen LogP) is 2.23. The SMILES string of the molecule is COc1ccc(C(O)=C2C(=O)C(=O)N(CCCN3CCOCC3)C2c2ccccn2)cc1. The van der Waals surface area contributed by atoms with Gasteiger partial charge in [-0.3, -0.25) is 19.5 Å². The number of ether oxygens (including phenoxy) is 2. The summed E-state index contributed by atoms with van der Waals surface area (Å²) >= 11 is 0. The Bertz CT molecular complexity index is 984. The summed E-state index contributed by atoms with van der Waals surface area (Å²) in [6, 6.07) is 11.3. The zero-order chi connectivity index (χ0) is 22.5. The third-order valence-corrected chi connectivity index (χ3v) is 5.85. The van der Waals surface area contributed by atoms with Crippen molar-refractivity contribution >= 4 is 17.4 Å². The van der Waals surface area contributed by atoms with Crippen LogP contribution in [0, 0.1) is 0 Å². The Hall–Kier alpha value is -3.23. The molecule has 8 heteroatoms. The quantitative estimate of drug-likeness (QED) is 0.403. The maximum atomic E-state index is 13.0. The summed E-state index contributed by atoms with van der Waals surface area (Å²) in [7, 11) is 1.55. The van der Waals surface area contributed by atoms with E-state index >= 15 is 0 Å². The molecule has 4 rings (SSSR count). The summed E-state index contributed by atoms with van der Waals surface area (Å²) < 4.78 is 10.5. The van der Waals surface area contributed by atoms with E-state index in [9.17, 15) is 14.7 Å². The Labute approximate surface area is 187 Å². The maximum Gasteiger partial charge on any atom is 0.295 e. The molecule has 2 aliphatic rings. The topological polar surface area (TPSA) is 92.2 Å². The van der Waals surface area contributed by atoms with Crippen LogP contribution in [-0.4, -0.2) is 78.1 Å². The Morgan fingerprint density at radius 1 is 1.12 bits per heavy atom. The fraction of sp³-hybridized carbons (Fsp3) is 0.375. The normalized spacial score (nSPS) is 21.2. The van der Waals surface area contributed by atoms with Gasteiger partial charge in [0.25, 0.3) is 11.7 Å². The first-order valence-corrected chi connectivity index (χ1v) is 10.7. The molecule has 1 unspecified atom stereocenters. The molecule has 2 saturated heterocycles. The number of likely N-dealkylation sites (tertiary alicyclic amines) is 1. The van der Waals surface area contributed by atoms with Crippen molar-refractivity contribution in [1.82, 2.24) is 14.8 Å². The number of pyridine rings is 1. The van der Waals surface area contributed by atoms with Crippen LogP contribution in [-0.2, 0) is 14.3 Å². The van der Waals surface area contributed by atoms with Gasteiger partial charge in [0.05, 0.1) is 31.6 Å². The van der Waals surface area contributed by atoms with E-state index in [2.05, 4.69) is 9.88 Å². The minimum Gasteiger partial charge on any atom is -0.507 e. The van der Waals surface area contributed by atoms with Crippen molar-refractivity contribution in [2.24, 2.45) is 0 Å². The average molecular weight is 437 g/mol.